The lowest BCUT2D eigenvalue weighted by molar-refractivity contribution is 0.0952. The molecule has 3 aromatic carbocycles. The van der Waals surface area contributed by atoms with E-state index in [1.165, 1.54) is 12.1 Å². The van der Waals surface area contributed by atoms with E-state index < -0.39 is 0 Å². The first kappa shape index (κ1) is 21.8. The molecule has 0 aliphatic rings. The van der Waals surface area contributed by atoms with Crippen LogP contribution in [0.4, 0.5) is 4.39 Å². The Morgan fingerprint density at radius 3 is 2.56 bits per heavy atom. The van der Waals surface area contributed by atoms with E-state index in [1.807, 2.05) is 49.4 Å². The summed E-state index contributed by atoms with van der Waals surface area (Å²) in [6.45, 7) is 2.23. The molecular weight excluding hydrogens is 451 g/mol. The van der Waals surface area contributed by atoms with Gasteiger partial charge >= 0.3 is 0 Å². The molecule has 0 atom stereocenters. The number of hydrogen-bond donors (Lipinski definition) is 1. The Morgan fingerprint density at radius 2 is 1.76 bits per heavy atom. The minimum Gasteiger partial charge on any atom is -0.348 e. The van der Waals surface area contributed by atoms with Crippen LogP contribution in [0, 0.1) is 12.7 Å². The van der Waals surface area contributed by atoms with Crippen molar-refractivity contribution in [3.8, 4) is 16.9 Å². The highest BCUT2D eigenvalue weighted by Gasteiger charge is 2.17. The number of carbonyl (C=O) groups excluding carboxylic acids is 1. The van der Waals surface area contributed by atoms with E-state index >= 15 is 0 Å². The Kier molecular flexibility index (Phi) is 5.82. The lowest BCUT2D eigenvalue weighted by Crippen LogP contribution is -2.23. The molecule has 168 valence electrons. The number of aromatic nitrogens is 3. The summed E-state index contributed by atoms with van der Waals surface area (Å²) in [4.78, 5) is 18.0. The molecule has 0 aliphatic heterocycles. The van der Waals surface area contributed by atoms with Crippen LogP contribution in [0.25, 0.3) is 27.8 Å². The highest BCUT2D eigenvalue weighted by Crippen LogP contribution is 2.28. The number of para-hydroxylation sites is 1. The van der Waals surface area contributed by atoms with Crippen LogP contribution in [0.3, 0.4) is 0 Å². The topological polar surface area (TPSA) is 59.8 Å². The lowest BCUT2D eigenvalue weighted by atomic mass is 10.0. The standard InChI is InChI=1S/C27H20ClFN4O/c1-17-23(16-31-33(17)20-12-10-19(29)11-13-20)26-14-22(21-7-3-5-9-25(21)32-26)27(34)30-15-18-6-2-4-8-24(18)28/h2-14,16H,15H2,1H3,(H,30,34). The monoisotopic (exact) mass is 470 g/mol. The minimum atomic E-state index is -0.308. The van der Waals surface area contributed by atoms with E-state index in [2.05, 4.69) is 10.4 Å². The molecule has 2 heterocycles. The number of hydrogen-bond acceptors (Lipinski definition) is 3. The summed E-state index contributed by atoms with van der Waals surface area (Å²) in [5, 5.41) is 8.80. The van der Waals surface area contributed by atoms with Crippen LogP contribution >= 0.6 is 11.6 Å². The van der Waals surface area contributed by atoms with Gasteiger partial charge in [-0.15, -0.1) is 0 Å². The number of fused-ring (bicyclic) bond motifs is 1. The average Bonchev–Trinajstić information content (AvgIpc) is 3.24. The molecule has 34 heavy (non-hydrogen) atoms. The van der Waals surface area contributed by atoms with Crippen LogP contribution in [0.2, 0.25) is 5.02 Å². The van der Waals surface area contributed by atoms with Gasteiger partial charge in [0.25, 0.3) is 5.91 Å². The fourth-order valence-corrected chi connectivity index (χ4v) is 4.12. The number of amides is 1. The van der Waals surface area contributed by atoms with Gasteiger partial charge in [0.1, 0.15) is 5.82 Å². The number of nitrogens with zero attached hydrogens (tertiary/aromatic N) is 3. The van der Waals surface area contributed by atoms with E-state index in [-0.39, 0.29) is 11.7 Å². The number of rotatable bonds is 5. The molecule has 0 saturated heterocycles. The summed E-state index contributed by atoms with van der Waals surface area (Å²) in [5.74, 6) is -0.527. The Bertz CT molecular complexity index is 1510. The van der Waals surface area contributed by atoms with Crippen LogP contribution in [-0.2, 0) is 6.54 Å². The normalized spacial score (nSPS) is 11.0. The van der Waals surface area contributed by atoms with Crippen LogP contribution < -0.4 is 5.32 Å². The Balaban J connectivity index is 1.53. The summed E-state index contributed by atoms with van der Waals surface area (Å²) in [7, 11) is 0. The molecule has 1 N–H and O–H groups in total. The summed E-state index contributed by atoms with van der Waals surface area (Å²) in [5.41, 5.74) is 5.05. The number of benzene rings is 3. The van der Waals surface area contributed by atoms with E-state index in [1.54, 1.807) is 35.1 Å². The van der Waals surface area contributed by atoms with Gasteiger partial charge in [-0.3, -0.25) is 4.79 Å². The van der Waals surface area contributed by atoms with Gasteiger partial charge in [0.15, 0.2) is 0 Å². The zero-order chi connectivity index (χ0) is 23.7. The SMILES string of the molecule is Cc1c(-c2cc(C(=O)NCc3ccccc3Cl)c3ccccc3n2)cnn1-c1ccc(F)cc1. The molecule has 0 saturated carbocycles. The number of carbonyl (C=O) groups is 1. The second kappa shape index (κ2) is 9.08. The smallest absolute Gasteiger partial charge is 0.252 e. The van der Waals surface area contributed by atoms with Crippen molar-refractivity contribution in [1.29, 1.82) is 0 Å². The van der Waals surface area contributed by atoms with Crippen molar-refractivity contribution in [2.24, 2.45) is 0 Å². The van der Waals surface area contributed by atoms with Gasteiger partial charge in [-0.1, -0.05) is 48.0 Å². The van der Waals surface area contributed by atoms with Crippen molar-refractivity contribution in [3.63, 3.8) is 0 Å². The van der Waals surface area contributed by atoms with Gasteiger partial charge in [-0.05, 0) is 55.0 Å². The molecule has 5 rings (SSSR count). The fraction of sp³-hybridized carbons (Fsp3) is 0.0741. The quantitative estimate of drug-likeness (QED) is 0.336. The Labute approximate surface area is 200 Å². The average molecular weight is 471 g/mol. The van der Waals surface area contributed by atoms with Crippen molar-refractivity contribution < 1.29 is 9.18 Å². The summed E-state index contributed by atoms with van der Waals surface area (Å²) in [6.07, 6.45) is 1.71. The van der Waals surface area contributed by atoms with Crippen LogP contribution in [0.5, 0.6) is 0 Å². The summed E-state index contributed by atoms with van der Waals surface area (Å²) >= 11 is 6.24. The van der Waals surface area contributed by atoms with Crippen molar-refractivity contribution in [2.45, 2.75) is 13.5 Å². The van der Waals surface area contributed by atoms with Crippen molar-refractivity contribution >= 4 is 28.4 Å². The van der Waals surface area contributed by atoms with E-state index in [4.69, 9.17) is 16.6 Å². The molecule has 0 unspecified atom stereocenters. The highest BCUT2D eigenvalue weighted by molar-refractivity contribution is 6.31. The van der Waals surface area contributed by atoms with Gasteiger partial charge < -0.3 is 5.32 Å². The second-order valence-electron chi connectivity index (χ2n) is 7.88. The molecule has 5 nitrogen and oxygen atoms in total. The highest BCUT2D eigenvalue weighted by atomic mass is 35.5. The number of pyridine rings is 1. The van der Waals surface area contributed by atoms with Crippen LogP contribution in [0.15, 0.2) is 85.1 Å². The van der Waals surface area contributed by atoms with Crippen molar-refractivity contribution in [2.75, 3.05) is 0 Å². The Hall–Kier alpha value is -4.03. The fourth-order valence-electron chi connectivity index (χ4n) is 3.92. The molecule has 0 aliphatic carbocycles. The summed E-state index contributed by atoms with van der Waals surface area (Å²) < 4.78 is 15.1. The zero-order valence-electron chi connectivity index (χ0n) is 18.3. The third-order valence-corrected chi connectivity index (χ3v) is 6.08. The largest absolute Gasteiger partial charge is 0.348 e. The molecule has 0 fully saturated rings. The van der Waals surface area contributed by atoms with Gasteiger partial charge in [-0.25, -0.2) is 14.1 Å². The van der Waals surface area contributed by atoms with Crippen molar-refractivity contribution in [3.05, 3.63) is 113 Å². The minimum absolute atomic E-state index is 0.219. The first-order chi connectivity index (χ1) is 16.5. The van der Waals surface area contributed by atoms with Gasteiger partial charge in [0, 0.05) is 22.5 Å². The first-order valence-electron chi connectivity index (χ1n) is 10.7. The molecule has 0 radical (unpaired) electrons. The molecule has 0 bridgehead atoms. The third kappa shape index (κ3) is 4.16. The molecular formula is C27H20ClFN4O. The van der Waals surface area contributed by atoms with E-state index in [0.717, 1.165) is 27.9 Å². The second-order valence-corrected chi connectivity index (χ2v) is 8.29. The third-order valence-electron chi connectivity index (χ3n) is 5.71. The predicted molar refractivity (Wildman–Crippen MR) is 132 cm³/mol. The van der Waals surface area contributed by atoms with Gasteiger partial charge in [-0.2, -0.15) is 5.10 Å². The van der Waals surface area contributed by atoms with E-state index in [0.29, 0.717) is 28.3 Å². The van der Waals surface area contributed by atoms with E-state index in [9.17, 15) is 9.18 Å². The predicted octanol–water partition coefficient (Wildman–Crippen LogP) is 6.12. The van der Waals surface area contributed by atoms with Gasteiger partial charge in [0.05, 0.1) is 34.4 Å². The molecule has 5 aromatic rings. The number of halogens is 2. The maximum absolute atomic E-state index is 13.3. The maximum atomic E-state index is 13.3. The number of nitrogens with one attached hydrogen (secondary N) is 1. The zero-order valence-corrected chi connectivity index (χ0v) is 19.1. The lowest BCUT2D eigenvalue weighted by Gasteiger charge is -2.11. The molecule has 0 spiro atoms. The maximum Gasteiger partial charge on any atom is 0.252 e. The molecule has 2 aromatic heterocycles. The first-order valence-corrected chi connectivity index (χ1v) is 11.1. The molecule has 1 amide bonds. The summed E-state index contributed by atoms with van der Waals surface area (Å²) in [6, 6.07) is 22.8. The van der Waals surface area contributed by atoms with Gasteiger partial charge in [0.2, 0.25) is 0 Å². The molecule has 7 heteroatoms. The van der Waals surface area contributed by atoms with Crippen LogP contribution in [-0.4, -0.2) is 20.7 Å². The van der Waals surface area contributed by atoms with Crippen molar-refractivity contribution in [1.82, 2.24) is 20.1 Å². The Morgan fingerprint density at radius 1 is 1.03 bits per heavy atom. The van der Waals surface area contributed by atoms with Crippen LogP contribution in [0.1, 0.15) is 21.6 Å².